The van der Waals surface area contributed by atoms with Crippen LogP contribution < -0.4 is 10.1 Å². The summed E-state index contributed by atoms with van der Waals surface area (Å²) in [4.78, 5) is 12.5. The van der Waals surface area contributed by atoms with Gasteiger partial charge >= 0.3 is 0 Å². The van der Waals surface area contributed by atoms with E-state index in [1.54, 1.807) is 0 Å². The van der Waals surface area contributed by atoms with Gasteiger partial charge in [0.05, 0.1) is 0 Å². The zero-order valence-electron chi connectivity index (χ0n) is 15.3. The number of ether oxygens (including phenoxy) is 1. The fourth-order valence-electron chi connectivity index (χ4n) is 4.12. The van der Waals surface area contributed by atoms with Crippen molar-refractivity contribution in [2.24, 2.45) is 0 Å². The number of rotatable bonds is 5. The van der Waals surface area contributed by atoms with Crippen LogP contribution in [0.15, 0.2) is 42.5 Å². The first-order chi connectivity index (χ1) is 12.8. The molecule has 2 aliphatic rings. The standard InChI is InChI=1S/C23H27NO2/c25-23(24-21-10-2-1-3-11-21)20-9-4-6-17(14-20)16-26-22-13-12-18-7-5-8-19(18)15-22/h4,6,9,12-15,21H,1-3,5,7-8,10-11,16H2,(H,24,25). The minimum absolute atomic E-state index is 0.0382. The Hall–Kier alpha value is -2.29. The van der Waals surface area contributed by atoms with Gasteiger partial charge in [-0.2, -0.15) is 0 Å². The number of carbonyl (C=O) groups is 1. The molecular weight excluding hydrogens is 322 g/mol. The maximum absolute atomic E-state index is 12.5. The Morgan fingerprint density at radius 1 is 0.962 bits per heavy atom. The highest BCUT2D eigenvalue weighted by Crippen LogP contribution is 2.26. The SMILES string of the molecule is O=C(NC1CCCCC1)c1cccc(COc2ccc3c(c2)CCC3)c1. The van der Waals surface area contributed by atoms with Crippen molar-refractivity contribution in [1.82, 2.24) is 5.32 Å². The van der Waals surface area contributed by atoms with Crippen LogP contribution in [0.1, 0.15) is 65.6 Å². The summed E-state index contributed by atoms with van der Waals surface area (Å²) in [5.74, 6) is 0.957. The number of hydrogen-bond acceptors (Lipinski definition) is 2. The molecule has 2 aromatic carbocycles. The van der Waals surface area contributed by atoms with Crippen molar-refractivity contribution in [1.29, 1.82) is 0 Å². The summed E-state index contributed by atoms with van der Waals surface area (Å²) >= 11 is 0. The largest absolute Gasteiger partial charge is 0.489 e. The summed E-state index contributed by atoms with van der Waals surface area (Å²) in [6.45, 7) is 0.489. The highest BCUT2D eigenvalue weighted by molar-refractivity contribution is 5.94. The van der Waals surface area contributed by atoms with E-state index in [9.17, 15) is 4.79 Å². The lowest BCUT2D eigenvalue weighted by molar-refractivity contribution is 0.0927. The van der Waals surface area contributed by atoms with E-state index < -0.39 is 0 Å². The Bertz CT molecular complexity index is 778. The van der Waals surface area contributed by atoms with Gasteiger partial charge in [0, 0.05) is 11.6 Å². The van der Waals surface area contributed by atoms with Crippen molar-refractivity contribution in [2.75, 3.05) is 0 Å². The highest BCUT2D eigenvalue weighted by atomic mass is 16.5. The summed E-state index contributed by atoms with van der Waals surface area (Å²) < 4.78 is 5.97. The topological polar surface area (TPSA) is 38.3 Å². The van der Waals surface area contributed by atoms with Gasteiger partial charge < -0.3 is 10.1 Å². The van der Waals surface area contributed by atoms with Gasteiger partial charge in [-0.3, -0.25) is 4.79 Å². The van der Waals surface area contributed by atoms with Crippen LogP contribution in [0.25, 0.3) is 0 Å². The maximum atomic E-state index is 12.5. The lowest BCUT2D eigenvalue weighted by Crippen LogP contribution is -2.36. The van der Waals surface area contributed by atoms with Crippen molar-refractivity contribution in [3.63, 3.8) is 0 Å². The van der Waals surface area contributed by atoms with E-state index in [4.69, 9.17) is 4.74 Å². The third-order valence-electron chi connectivity index (χ3n) is 5.61. The minimum Gasteiger partial charge on any atom is -0.489 e. The van der Waals surface area contributed by atoms with E-state index in [-0.39, 0.29) is 5.91 Å². The number of benzene rings is 2. The van der Waals surface area contributed by atoms with Gasteiger partial charge in [0.15, 0.2) is 0 Å². The third-order valence-corrected chi connectivity index (χ3v) is 5.61. The molecule has 0 heterocycles. The fourth-order valence-corrected chi connectivity index (χ4v) is 4.12. The molecule has 2 aliphatic carbocycles. The molecule has 3 nitrogen and oxygen atoms in total. The van der Waals surface area contributed by atoms with Crippen LogP contribution in [0.4, 0.5) is 0 Å². The molecule has 136 valence electrons. The van der Waals surface area contributed by atoms with Crippen molar-refractivity contribution >= 4 is 5.91 Å². The molecule has 1 amide bonds. The first-order valence-electron chi connectivity index (χ1n) is 9.92. The van der Waals surface area contributed by atoms with Gasteiger partial charge in [0.1, 0.15) is 12.4 Å². The molecule has 4 rings (SSSR count). The van der Waals surface area contributed by atoms with E-state index in [0.717, 1.165) is 36.1 Å². The van der Waals surface area contributed by atoms with E-state index in [2.05, 4.69) is 23.5 Å². The van der Waals surface area contributed by atoms with Gasteiger partial charge in [-0.05, 0) is 73.1 Å². The van der Waals surface area contributed by atoms with Crippen molar-refractivity contribution in [3.8, 4) is 5.75 Å². The van der Waals surface area contributed by atoms with Crippen LogP contribution in [-0.4, -0.2) is 11.9 Å². The molecule has 3 heteroatoms. The average Bonchev–Trinajstić information content (AvgIpc) is 3.15. The average molecular weight is 349 g/mol. The van der Waals surface area contributed by atoms with Gasteiger partial charge in [0.2, 0.25) is 0 Å². The molecule has 0 bridgehead atoms. The second-order valence-electron chi connectivity index (χ2n) is 7.58. The van der Waals surface area contributed by atoms with Gasteiger partial charge in [0.25, 0.3) is 5.91 Å². The molecule has 0 spiro atoms. The number of amides is 1. The summed E-state index contributed by atoms with van der Waals surface area (Å²) in [6.07, 6.45) is 9.54. The van der Waals surface area contributed by atoms with Crippen LogP contribution >= 0.6 is 0 Å². The smallest absolute Gasteiger partial charge is 0.251 e. The summed E-state index contributed by atoms with van der Waals surface area (Å²) in [5.41, 5.74) is 4.63. The molecule has 0 saturated heterocycles. The molecule has 0 aromatic heterocycles. The second-order valence-corrected chi connectivity index (χ2v) is 7.58. The van der Waals surface area contributed by atoms with Crippen molar-refractivity contribution in [3.05, 3.63) is 64.7 Å². The zero-order chi connectivity index (χ0) is 17.8. The minimum atomic E-state index is 0.0382. The fraction of sp³-hybridized carbons (Fsp3) is 0.435. The first-order valence-corrected chi connectivity index (χ1v) is 9.92. The Morgan fingerprint density at radius 2 is 1.81 bits per heavy atom. The summed E-state index contributed by atoms with van der Waals surface area (Å²) in [5, 5.41) is 3.18. The predicted molar refractivity (Wildman–Crippen MR) is 104 cm³/mol. The number of carbonyl (C=O) groups excluding carboxylic acids is 1. The molecule has 0 aliphatic heterocycles. The number of fused-ring (bicyclic) bond motifs is 1. The van der Waals surface area contributed by atoms with Crippen LogP contribution in [0.5, 0.6) is 5.75 Å². The molecule has 0 atom stereocenters. The summed E-state index contributed by atoms with van der Waals surface area (Å²) in [6, 6.07) is 14.5. The van der Waals surface area contributed by atoms with E-state index in [1.807, 2.05) is 24.3 Å². The molecule has 1 saturated carbocycles. The second kappa shape index (κ2) is 7.94. The molecule has 1 fully saturated rings. The Labute approximate surface area is 155 Å². The zero-order valence-corrected chi connectivity index (χ0v) is 15.3. The molecular formula is C23H27NO2. The van der Waals surface area contributed by atoms with Crippen LogP contribution in [0.2, 0.25) is 0 Å². The normalized spacial score (nSPS) is 16.9. The third kappa shape index (κ3) is 4.09. The quantitative estimate of drug-likeness (QED) is 0.841. The molecule has 0 radical (unpaired) electrons. The van der Waals surface area contributed by atoms with Gasteiger partial charge in [-0.25, -0.2) is 0 Å². The number of nitrogens with one attached hydrogen (secondary N) is 1. The Kier molecular flexibility index (Phi) is 5.24. The first kappa shape index (κ1) is 17.1. The van der Waals surface area contributed by atoms with Gasteiger partial charge in [-0.1, -0.05) is 37.5 Å². The molecule has 26 heavy (non-hydrogen) atoms. The van der Waals surface area contributed by atoms with Crippen LogP contribution in [-0.2, 0) is 19.4 Å². The van der Waals surface area contributed by atoms with Crippen LogP contribution in [0, 0.1) is 0 Å². The lowest BCUT2D eigenvalue weighted by Gasteiger charge is -2.22. The molecule has 2 aromatic rings. The number of aryl methyl sites for hydroxylation is 2. The molecule has 0 unspecified atom stereocenters. The highest BCUT2D eigenvalue weighted by Gasteiger charge is 2.17. The summed E-state index contributed by atoms with van der Waals surface area (Å²) in [7, 11) is 0. The van der Waals surface area contributed by atoms with E-state index in [0.29, 0.717) is 12.6 Å². The monoisotopic (exact) mass is 349 g/mol. The lowest BCUT2D eigenvalue weighted by atomic mass is 9.95. The van der Waals surface area contributed by atoms with Crippen molar-refractivity contribution < 1.29 is 9.53 Å². The maximum Gasteiger partial charge on any atom is 0.251 e. The van der Waals surface area contributed by atoms with E-state index >= 15 is 0 Å². The van der Waals surface area contributed by atoms with Crippen LogP contribution in [0.3, 0.4) is 0 Å². The molecule has 1 N–H and O–H groups in total. The number of hydrogen-bond donors (Lipinski definition) is 1. The van der Waals surface area contributed by atoms with E-state index in [1.165, 1.54) is 43.2 Å². The Morgan fingerprint density at radius 3 is 2.69 bits per heavy atom. The van der Waals surface area contributed by atoms with Crippen molar-refractivity contribution in [2.45, 2.75) is 64.0 Å². The van der Waals surface area contributed by atoms with Gasteiger partial charge in [-0.15, -0.1) is 0 Å². The Balaban J connectivity index is 1.37. The predicted octanol–water partition coefficient (Wildman–Crippen LogP) is 4.82.